The molecule has 2 nitrogen and oxygen atoms in total. The third kappa shape index (κ3) is 2.80. The molecule has 0 aromatic heterocycles. The van der Waals surface area contributed by atoms with Crippen LogP contribution in [0.25, 0.3) is 0 Å². The van der Waals surface area contributed by atoms with Crippen molar-refractivity contribution in [2.24, 2.45) is 5.92 Å². The summed E-state index contributed by atoms with van der Waals surface area (Å²) in [4.78, 5) is 0. The van der Waals surface area contributed by atoms with Gasteiger partial charge in [-0.05, 0) is 57.1 Å². The molecule has 1 aliphatic heterocycles. The van der Waals surface area contributed by atoms with Crippen LogP contribution < -0.4 is 10.1 Å². The molecule has 1 fully saturated rings. The minimum Gasteiger partial charge on any atom is -0.494 e. The lowest BCUT2D eigenvalue weighted by atomic mass is 9.87. The molecule has 0 spiro atoms. The Bertz CT molecular complexity index is 372. The Morgan fingerprint density at radius 3 is 2.39 bits per heavy atom. The van der Waals surface area contributed by atoms with Crippen molar-refractivity contribution in [1.29, 1.82) is 0 Å². The lowest BCUT2D eigenvalue weighted by molar-refractivity contribution is -0.0753. The maximum absolute atomic E-state index is 14.3. The van der Waals surface area contributed by atoms with E-state index in [0.717, 1.165) is 0 Å². The Morgan fingerprint density at radius 1 is 1.22 bits per heavy atom. The van der Waals surface area contributed by atoms with Crippen molar-refractivity contribution in [1.82, 2.24) is 5.32 Å². The van der Waals surface area contributed by atoms with E-state index in [1.165, 1.54) is 12.1 Å². The van der Waals surface area contributed by atoms with Crippen molar-refractivity contribution in [2.45, 2.75) is 25.7 Å². The molecule has 0 bridgehead atoms. The molecule has 18 heavy (non-hydrogen) atoms. The molecule has 0 atom stereocenters. The SMILES string of the molecule is CCOc1ccc(C(F)(F)C2CCNCC2)cc1. The maximum atomic E-state index is 14.3. The number of halogens is 2. The Kier molecular flexibility index (Phi) is 4.17. The van der Waals surface area contributed by atoms with E-state index in [9.17, 15) is 8.78 Å². The van der Waals surface area contributed by atoms with Gasteiger partial charge in [-0.1, -0.05) is 0 Å². The highest BCUT2D eigenvalue weighted by Crippen LogP contribution is 2.40. The highest BCUT2D eigenvalue weighted by Gasteiger charge is 2.41. The normalized spacial score (nSPS) is 17.7. The monoisotopic (exact) mass is 255 g/mol. The average Bonchev–Trinajstić information content (AvgIpc) is 2.41. The van der Waals surface area contributed by atoms with Crippen LogP contribution in [0.5, 0.6) is 5.75 Å². The molecule has 1 aromatic carbocycles. The molecular formula is C14H19F2NO. The maximum Gasteiger partial charge on any atom is 0.276 e. The summed E-state index contributed by atoms with van der Waals surface area (Å²) in [5, 5.41) is 3.11. The van der Waals surface area contributed by atoms with E-state index < -0.39 is 11.8 Å². The summed E-state index contributed by atoms with van der Waals surface area (Å²) in [6.45, 7) is 3.77. The first-order valence-corrected chi connectivity index (χ1v) is 6.46. The van der Waals surface area contributed by atoms with Gasteiger partial charge in [0.1, 0.15) is 5.75 Å². The van der Waals surface area contributed by atoms with Crippen molar-refractivity contribution in [3.05, 3.63) is 29.8 Å². The van der Waals surface area contributed by atoms with Crippen LogP contribution in [0.1, 0.15) is 25.3 Å². The summed E-state index contributed by atoms with van der Waals surface area (Å²) in [6.07, 6.45) is 1.06. The average molecular weight is 255 g/mol. The van der Waals surface area contributed by atoms with Gasteiger partial charge in [0.05, 0.1) is 6.61 Å². The van der Waals surface area contributed by atoms with Crippen molar-refractivity contribution < 1.29 is 13.5 Å². The Hall–Kier alpha value is -1.16. The Balaban J connectivity index is 2.12. The van der Waals surface area contributed by atoms with Crippen LogP contribution in [0.4, 0.5) is 8.78 Å². The molecule has 1 N–H and O–H groups in total. The van der Waals surface area contributed by atoms with Crippen LogP contribution in [0.2, 0.25) is 0 Å². The highest BCUT2D eigenvalue weighted by molar-refractivity contribution is 5.30. The smallest absolute Gasteiger partial charge is 0.276 e. The van der Waals surface area contributed by atoms with Crippen molar-refractivity contribution in [2.75, 3.05) is 19.7 Å². The summed E-state index contributed by atoms with van der Waals surface area (Å²) >= 11 is 0. The van der Waals surface area contributed by atoms with E-state index in [2.05, 4.69) is 5.32 Å². The van der Waals surface area contributed by atoms with E-state index in [1.807, 2.05) is 6.92 Å². The van der Waals surface area contributed by atoms with E-state index in [1.54, 1.807) is 12.1 Å². The number of piperidine rings is 1. The van der Waals surface area contributed by atoms with Gasteiger partial charge < -0.3 is 10.1 Å². The van der Waals surface area contributed by atoms with Gasteiger partial charge in [0.25, 0.3) is 5.92 Å². The molecule has 0 unspecified atom stereocenters. The van der Waals surface area contributed by atoms with Gasteiger partial charge in [-0.25, -0.2) is 8.78 Å². The largest absolute Gasteiger partial charge is 0.494 e. The number of alkyl halides is 2. The lowest BCUT2D eigenvalue weighted by Gasteiger charge is -2.30. The third-order valence-electron chi connectivity index (χ3n) is 3.40. The molecule has 0 saturated carbocycles. The summed E-state index contributed by atoms with van der Waals surface area (Å²) in [5.74, 6) is -2.66. The fourth-order valence-electron chi connectivity index (χ4n) is 2.36. The number of nitrogens with one attached hydrogen (secondary N) is 1. The first kappa shape index (κ1) is 13.3. The molecule has 4 heteroatoms. The van der Waals surface area contributed by atoms with Gasteiger partial charge in [-0.3, -0.25) is 0 Å². The molecule has 0 amide bonds. The number of ether oxygens (including phenoxy) is 1. The quantitative estimate of drug-likeness (QED) is 0.892. The Labute approximate surface area is 106 Å². The molecule has 1 aliphatic rings. The van der Waals surface area contributed by atoms with Crippen LogP contribution in [0.15, 0.2) is 24.3 Å². The fraction of sp³-hybridized carbons (Fsp3) is 0.571. The molecule has 0 radical (unpaired) electrons. The molecular weight excluding hydrogens is 236 g/mol. The predicted octanol–water partition coefficient (Wildman–Crippen LogP) is 3.18. The number of benzene rings is 1. The first-order chi connectivity index (χ1) is 8.64. The van der Waals surface area contributed by atoms with Gasteiger partial charge >= 0.3 is 0 Å². The topological polar surface area (TPSA) is 21.3 Å². The van der Waals surface area contributed by atoms with Crippen molar-refractivity contribution in [3.8, 4) is 5.75 Å². The van der Waals surface area contributed by atoms with Gasteiger partial charge in [0.15, 0.2) is 0 Å². The van der Waals surface area contributed by atoms with E-state index in [4.69, 9.17) is 4.74 Å². The second-order valence-electron chi connectivity index (χ2n) is 4.60. The van der Waals surface area contributed by atoms with Crippen molar-refractivity contribution in [3.63, 3.8) is 0 Å². The van der Waals surface area contributed by atoms with Crippen LogP contribution in [0, 0.1) is 5.92 Å². The highest BCUT2D eigenvalue weighted by atomic mass is 19.3. The van der Waals surface area contributed by atoms with Crippen LogP contribution in [-0.2, 0) is 5.92 Å². The van der Waals surface area contributed by atoms with Gasteiger partial charge in [-0.2, -0.15) is 0 Å². The number of hydrogen-bond acceptors (Lipinski definition) is 2. The molecule has 0 aliphatic carbocycles. The van der Waals surface area contributed by atoms with Crippen molar-refractivity contribution >= 4 is 0 Å². The van der Waals surface area contributed by atoms with Crippen LogP contribution >= 0.6 is 0 Å². The minimum absolute atomic E-state index is 0.0952. The standard InChI is InChI=1S/C14H19F2NO/c1-2-18-13-5-3-11(4-6-13)14(15,16)12-7-9-17-10-8-12/h3-6,12,17H,2,7-10H2,1H3. The lowest BCUT2D eigenvalue weighted by Crippen LogP contribution is -2.36. The molecule has 1 aromatic rings. The van der Waals surface area contributed by atoms with Gasteiger partial charge in [0, 0.05) is 11.5 Å². The van der Waals surface area contributed by atoms with Crippen LogP contribution in [0.3, 0.4) is 0 Å². The second-order valence-corrected chi connectivity index (χ2v) is 4.60. The molecule has 1 heterocycles. The van der Waals surface area contributed by atoms with Gasteiger partial charge in [0.2, 0.25) is 0 Å². The molecule has 100 valence electrons. The zero-order chi connectivity index (χ0) is 13.0. The predicted molar refractivity (Wildman–Crippen MR) is 67.1 cm³/mol. The van der Waals surface area contributed by atoms with Gasteiger partial charge in [-0.15, -0.1) is 0 Å². The van der Waals surface area contributed by atoms with Crippen LogP contribution in [-0.4, -0.2) is 19.7 Å². The second kappa shape index (κ2) is 5.65. The molecule has 2 rings (SSSR count). The first-order valence-electron chi connectivity index (χ1n) is 6.46. The summed E-state index contributed by atoms with van der Waals surface area (Å²) < 4.78 is 33.8. The number of hydrogen-bond donors (Lipinski definition) is 1. The molecule has 1 saturated heterocycles. The minimum atomic E-state index is -2.74. The number of rotatable bonds is 4. The summed E-state index contributed by atoms with van der Waals surface area (Å²) in [7, 11) is 0. The zero-order valence-electron chi connectivity index (χ0n) is 10.6. The van der Waals surface area contributed by atoms with E-state index in [-0.39, 0.29) is 5.56 Å². The Morgan fingerprint density at radius 2 is 1.83 bits per heavy atom. The third-order valence-corrected chi connectivity index (χ3v) is 3.40. The van der Waals surface area contributed by atoms with E-state index >= 15 is 0 Å². The summed E-state index contributed by atoms with van der Waals surface area (Å²) in [6, 6.07) is 6.20. The fourth-order valence-corrected chi connectivity index (χ4v) is 2.36. The van der Waals surface area contributed by atoms with E-state index in [0.29, 0.717) is 38.3 Å². The zero-order valence-corrected chi connectivity index (χ0v) is 10.6. The summed E-state index contributed by atoms with van der Waals surface area (Å²) in [5.41, 5.74) is 0.0952.